The minimum Gasteiger partial charge on any atom is -1.00 e. The molecule has 0 spiro atoms. The Bertz CT molecular complexity index is 11.6. The van der Waals surface area contributed by atoms with Gasteiger partial charge in [0.1, 0.15) is 0 Å². The Labute approximate surface area is 53.3 Å². The summed E-state index contributed by atoms with van der Waals surface area (Å²) in [6.07, 6.45) is 0. The van der Waals surface area contributed by atoms with E-state index < -0.39 is 0 Å². The Morgan fingerprint density at radius 1 is 1.25 bits per heavy atom. The van der Waals surface area contributed by atoms with Crippen molar-refractivity contribution in [3.63, 3.8) is 0 Å². The summed E-state index contributed by atoms with van der Waals surface area (Å²) in [5.41, 5.74) is 0. The maximum absolute atomic E-state index is 0. The van der Waals surface area contributed by atoms with Gasteiger partial charge in [0.15, 0.2) is 0 Å². The van der Waals surface area contributed by atoms with Gasteiger partial charge in [-0.1, -0.05) is 0 Å². The molecular formula is H7AlLiOP. The zero-order valence-corrected chi connectivity index (χ0v) is 5.74. The van der Waals surface area contributed by atoms with Crippen molar-refractivity contribution >= 4 is 27.3 Å². The fraction of sp³-hybridized carbons (Fsp3) is 0. The fourth-order valence-electron chi connectivity index (χ4n) is 0. The van der Waals surface area contributed by atoms with Crippen LogP contribution in [0, 0.1) is 0 Å². The molecule has 1 nitrogen and oxygen atoms in total. The Morgan fingerprint density at radius 2 is 1.25 bits per heavy atom. The summed E-state index contributed by atoms with van der Waals surface area (Å²) in [6, 6.07) is 0. The maximum atomic E-state index is 0. The molecule has 0 saturated carbocycles. The van der Waals surface area contributed by atoms with Gasteiger partial charge in [-0.15, -0.1) is 0 Å². The molecule has 0 aliphatic carbocycles. The van der Waals surface area contributed by atoms with Gasteiger partial charge in [-0.2, -0.15) is 9.90 Å². The topological polar surface area (TPSA) is 31.5 Å². The average Bonchev–Trinajstić information content (AvgIpc) is 0. The third-order valence-corrected chi connectivity index (χ3v) is 0. The SMILES string of the molecule is O.P.[AlH].[H-].[Li+]. The van der Waals surface area contributed by atoms with Gasteiger partial charge in [-0.05, 0) is 0 Å². The van der Waals surface area contributed by atoms with Crippen molar-refractivity contribution in [2.75, 3.05) is 0 Å². The van der Waals surface area contributed by atoms with Gasteiger partial charge in [0.25, 0.3) is 0 Å². The van der Waals surface area contributed by atoms with Crippen molar-refractivity contribution in [1.29, 1.82) is 0 Å². The summed E-state index contributed by atoms with van der Waals surface area (Å²) < 4.78 is 0. The van der Waals surface area contributed by atoms with E-state index >= 15 is 0 Å². The van der Waals surface area contributed by atoms with Gasteiger partial charge in [0.05, 0.1) is 17.4 Å². The number of rotatable bonds is 0. The predicted molar refractivity (Wildman–Crippen MR) is 23.0 cm³/mol. The molecule has 4 heavy (non-hydrogen) atoms. The fourth-order valence-corrected chi connectivity index (χ4v) is 0. The van der Waals surface area contributed by atoms with E-state index in [1.807, 2.05) is 0 Å². The molecule has 0 aromatic heterocycles. The molecule has 0 rings (SSSR count). The summed E-state index contributed by atoms with van der Waals surface area (Å²) in [5, 5.41) is 0. The van der Waals surface area contributed by atoms with E-state index in [2.05, 4.69) is 0 Å². The second-order valence-corrected chi connectivity index (χ2v) is 0. The molecule has 1 atom stereocenters. The molecule has 0 amide bonds. The summed E-state index contributed by atoms with van der Waals surface area (Å²) in [5.74, 6) is 0. The van der Waals surface area contributed by atoms with Crippen LogP contribution in [0.5, 0.6) is 0 Å². The zero-order valence-electron chi connectivity index (χ0n) is 3.91. The van der Waals surface area contributed by atoms with Crippen LogP contribution < -0.4 is 18.9 Å². The van der Waals surface area contributed by atoms with E-state index in [9.17, 15) is 0 Å². The Kier molecular flexibility index (Phi) is 296. The first-order chi connectivity index (χ1) is 0. The van der Waals surface area contributed by atoms with Crippen LogP contribution in [0.3, 0.4) is 0 Å². The van der Waals surface area contributed by atoms with E-state index in [1.165, 1.54) is 0 Å². The minimum absolute atomic E-state index is 0. The first kappa shape index (κ1) is 48.8. The van der Waals surface area contributed by atoms with Gasteiger partial charge in [0, 0.05) is 0 Å². The summed E-state index contributed by atoms with van der Waals surface area (Å²) in [4.78, 5) is 0. The van der Waals surface area contributed by atoms with Crippen LogP contribution >= 0.6 is 9.90 Å². The molecule has 1 unspecified atom stereocenters. The molecule has 2 N–H and O–H groups in total. The molecule has 0 bridgehead atoms. The van der Waals surface area contributed by atoms with Crippen LogP contribution in [0.1, 0.15) is 1.43 Å². The van der Waals surface area contributed by atoms with E-state index in [0.717, 1.165) is 0 Å². The molecule has 0 fully saturated rings. The summed E-state index contributed by atoms with van der Waals surface area (Å²) >= 11 is 0. The molecule has 4 heteroatoms. The molecule has 0 aliphatic heterocycles. The number of hydrogen-bond acceptors (Lipinski definition) is 0. The van der Waals surface area contributed by atoms with Gasteiger partial charge in [0.2, 0.25) is 0 Å². The normalized spacial score (nSPS) is 0. The van der Waals surface area contributed by atoms with Gasteiger partial charge >= 0.3 is 18.9 Å². The van der Waals surface area contributed by atoms with Crippen LogP contribution in [-0.2, 0) is 0 Å². The van der Waals surface area contributed by atoms with E-state index in [0.29, 0.717) is 0 Å². The second kappa shape index (κ2) is 24.2. The summed E-state index contributed by atoms with van der Waals surface area (Å²) in [6.45, 7) is 0. The molecule has 22 valence electrons. The molecule has 0 aromatic rings. The van der Waals surface area contributed by atoms with Crippen molar-refractivity contribution in [2.24, 2.45) is 0 Å². The van der Waals surface area contributed by atoms with Crippen molar-refractivity contribution in [3.8, 4) is 0 Å². The minimum atomic E-state index is 0. The van der Waals surface area contributed by atoms with Crippen LogP contribution in [0.4, 0.5) is 0 Å². The Balaban J connectivity index is 0. The van der Waals surface area contributed by atoms with Crippen LogP contribution in [0.2, 0.25) is 0 Å². The van der Waals surface area contributed by atoms with Crippen LogP contribution in [0.25, 0.3) is 0 Å². The van der Waals surface area contributed by atoms with E-state index in [1.54, 1.807) is 0 Å². The molecular weight excluding hydrogens is 80.9 g/mol. The quantitative estimate of drug-likeness (QED) is 0.212. The van der Waals surface area contributed by atoms with Gasteiger partial charge in [-0.25, -0.2) is 0 Å². The van der Waals surface area contributed by atoms with Gasteiger partial charge in [-0.3, -0.25) is 0 Å². The predicted octanol–water partition coefficient (Wildman–Crippen LogP) is -4.30. The van der Waals surface area contributed by atoms with E-state index in [-0.39, 0.29) is 53.0 Å². The smallest absolute Gasteiger partial charge is 1.00 e. The van der Waals surface area contributed by atoms with Crippen molar-refractivity contribution in [2.45, 2.75) is 0 Å². The molecule has 0 heterocycles. The Morgan fingerprint density at radius 3 is 1.25 bits per heavy atom. The third-order valence-electron chi connectivity index (χ3n) is 0. The van der Waals surface area contributed by atoms with E-state index in [4.69, 9.17) is 0 Å². The zero-order chi connectivity index (χ0) is 0. The number of hydrogen-bond donors (Lipinski definition) is 0. The molecule has 0 saturated heterocycles. The molecule has 2 radical (unpaired) electrons. The van der Waals surface area contributed by atoms with Crippen LogP contribution in [-0.4, -0.2) is 22.8 Å². The van der Waals surface area contributed by atoms with Crippen molar-refractivity contribution in [1.82, 2.24) is 0 Å². The van der Waals surface area contributed by atoms with Gasteiger partial charge < -0.3 is 6.90 Å². The standard InChI is InChI=1S/Al.Li.H2O.H3P.2H/h;;1H2;1H3;;/q;+1;;;;-1. The van der Waals surface area contributed by atoms with Crippen LogP contribution in [0.15, 0.2) is 0 Å². The average molecular weight is 88.0 g/mol. The van der Waals surface area contributed by atoms with Crippen molar-refractivity contribution < 1.29 is 25.8 Å². The Hall–Kier alpha value is 1.52. The van der Waals surface area contributed by atoms with Crippen molar-refractivity contribution in [3.05, 3.63) is 0 Å². The molecule has 0 aliphatic rings. The first-order valence-electron chi connectivity index (χ1n) is 0. The molecule has 0 aromatic carbocycles. The second-order valence-electron chi connectivity index (χ2n) is 0. The largest absolute Gasteiger partial charge is 1.00 e. The first-order valence-corrected chi connectivity index (χ1v) is 0. The monoisotopic (exact) mass is 88.0 g/mol. The summed E-state index contributed by atoms with van der Waals surface area (Å²) in [7, 11) is 0. The third kappa shape index (κ3) is 9.68. The maximum Gasteiger partial charge on any atom is 1.00 e.